The molecular weight excluding hydrogens is 228 g/mol. The second-order valence-electron chi connectivity index (χ2n) is 3.09. The molecule has 0 fully saturated rings. The quantitative estimate of drug-likeness (QED) is 0.271. The number of unbranched alkanes of at least 4 members (excludes halogenated alkanes) is 1. The molecule has 1 aromatic rings. The van der Waals surface area contributed by atoms with Gasteiger partial charge >= 0.3 is 5.69 Å². The summed E-state index contributed by atoms with van der Waals surface area (Å²) in [7, 11) is 1.61. The van der Waals surface area contributed by atoms with Gasteiger partial charge in [0.2, 0.25) is 5.82 Å². The second-order valence-corrected chi connectivity index (χ2v) is 4.17. The lowest BCUT2D eigenvalue weighted by Crippen LogP contribution is -2.02. The van der Waals surface area contributed by atoms with Crippen molar-refractivity contribution in [1.29, 1.82) is 0 Å². The molecule has 0 radical (unpaired) electrons. The average molecular weight is 242 g/mol. The molecule has 0 bridgehead atoms. The molecule has 0 amide bonds. The molecule has 16 heavy (non-hydrogen) atoms. The van der Waals surface area contributed by atoms with Crippen LogP contribution < -0.4 is 5.32 Å². The highest BCUT2D eigenvalue weighted by molar-refractivity contribution is 7.99. The van der Waals surface area contributed by atoms with Crippen molar-refractivity contribution >= 4 is 23.3 Å². The third-order valence-electron chi connectivity index (χ3n) is 1.94. The highest BCUT2D eigenvalue weighted by atomic mass is 32.2. The van der Waals surface area contributed by atoms with Crippen LogP contribution in [0.1, 0.15) is 19.8 Å². The number of aromatic nitrogens is 2. The predicted molar refractivity (Wildman–Crippen MR) is 63.9 cm³/mol. The molecule has 88 valence electrons. The van der Waals surface area contributed by atoms with E-state index in [2.05, 4.69) is 22.2 Å². The van der Waals surface area contributed by atoms with E-state index in [1.807, 2.05) is 0 Å². The summed E-state index contributed by atoms with van der Waals surface area (Å²) in [6.07, 6.45) is 3.42. The number of hydrogen-bond donors (Lipinski definition) is 1. The highest BCUT2D eigenvalue weighted by Crippen LogP contribution is 2.32. The van der Waals surface area contributed by atoms with E-state index < -0.39 is 4.92 Å². The zero-order valence-electron chi connectivity index (χ0n) is 9.27. The van der Waals surface area contributed by atoms with Gasteiger partial charge in [-0.1, -0.05) is 25.1 Å². The Hall–Kier alpha value is -1.37. The summed E-state index contributed by atoms with van der Waals surface area (Å²) in [5.74, 6) is 1.09. The first kappa shape index (κ1) is 12.7. The van der Waals surface area contributed by atoms with Gasteiger partial charge in [-0.15, -0.1) is 0 Å². The summed E-state index contributed by atoms with van der Waals surface area (Å²) >= 11 is 1.40. The van der Waals surface area contributed by atoms with Gasteiger partial charge in [-0.25, -0.2) is 9.97 Å². The summed E-state index contributed by atoms with van der Waals surface area (Å²) in [5, 5.41) is 14.0. The maximum Gasteiger partial charge on any atom is 0.343 e. The number of rotatable bonds is 6. The third-order valence-corrected chi connectivity index (χ3v) is 3.01. The third kappa shape index (κ3) is 3.06. The van der Waals surface area contributed by atoms with Gasteiger partial charge in [-0.05, 0) is 12.2 Å². The molecule has 1 N–H and O–H groups in total. The van der Waals surface area contributed by atoms with E-state index in [-0.39, 0.29) is 11.5 Å². The predicted octanol–water partition coefficient (Wildman–Crippen LogP) is 2.32. The van der Waals surface area contributed by atoms with Crippen molar-refractivity contribution in [2.75, 3.05) is 18.1 Å². The molecule has 6 nitrogen and oxygen atoms in total. The van der Waals surface area contributed by atoms with Gasteiger partial charge in [-0.2, -0.15) is 0 Å². The largest absolute Gasteiger partial charge is 0.367 e. The lowest BCUT2D eigenvalue weighted by molar-refractivity contribution is -0.387. The van der Waals surface area contributed by atoms with Crippen LogP contribution in [0.15, 0.2) is 11.4 Å². The standard InChI is InChI=1S/C9H14N4O2S/c1-3-4-5-16-9-7(13(14)15)8(10-2)11-6-12-9/h6H,3-5H2,1-2H3,(H,10,11,12). The smallest absolute Gasteiger partial charge is 0.343 e. The summed E-state index contributed by atoms with van der Waals surface area (Å²) in [4.78, 5) is 18.2. The minimum Gasteiger partial charge on any atom is -0.367 e. The van der Waals surface area contributed by atoms with Gasteiger partial charge in [0.15, 0.2) is 5.03 Å². The van der Waals surface area contributed by atoms with Gasteiger partial charge < -0.3 is 5.32 Å². The van der Waals surface area contributed by atoms with E-state index in [1.165, 1.54) is 18.1 Å². The minimum atomic E-state index is -0.444. The first-order chi connectivity index (χ1) is 7.70. The van der Waals surface area contributed by atoms with Crippen molar-refractivity contribution in [3.05, 3.63) is 16.4 Å². The summed E-state index contributed by atoms with van der Waals surface area (Å²) in [6.45, 7) is 2.08. The zero-order valence-corrected chi connectivity index (χ0v) is 10.1. The van der Waals surface area contributed by atoms with Crippen LogP contribution in [-0.4, -0.2) is 27.7 Å². The van der Waals surface area contributed by atoms with Gasteiger partial charge in [-0.3, -0.25) is 10.1 Å². The van der Waals surface area contributed by atoms with Gasteiger partial charge in [0.1, 0.15) is 6.33 Å². The lowest BCUT2D eigenvalue weighted by atomic mass is 10.4. The lowest BCUT2D eigenvalue weighted by Gasteiger charge is -2.04. The number of nitrogens with one attached hydrogen (secondary N) is 1. The van der Waals surface area contributed by atoms with Gasteiger partial charge in [0, 0.05) is 7.05 Å². The zero-order chi connectivity index (χ0) is 12.0. The number of thioether (sulfide) groups is 1. The summed E-state index contributed by atoms with van der Waals surface area (Å²) < 4.78 is 0. The van der Waals surface area contributed by atoms with Crippen molar-refractivity contribution in [1.82, 2.24) is 9.97 Å². The van der Waals surface area contributed by atoms with Crippen LogP contribution in [0.3, 0.4) is 0 Å². The van der Waals surface area contributed by atoms with Crippen molar-refractivity contribution in [3.8, 4) is 0 Å². The van der Waals surface area contributed by atoms with Crippen LogP contribution in [0.2, 0.25) is 0 Å². The SMILES string of the molecule is CCCCSc1ncnc(NC)c1[N+](=O)[O-]. The monoisotopic (exact) mass is 242 g/mol. The van der Waals surface area contributed by atoms with Crippen molar-refractivity contribution in [2.45, 2.75) is 24.8 Å². The Labute approximate surface area is 98.0 Å². The van der Waals surface area contributed by atoms with E-state index in [0.29, 0.717) is 5.03 Å². The van der Waals surface area contributed by atoms with E-state index in [9.17, 15) is 10.1 Å². The van der Waals surface area contributed by atoms with Crippen molar-refractivity contribution in [3.63, 3.8) is 0 Å². The molecule has 1 rings (SSSR count). The molecule has 1 aromatic heterocycles. The molecule has 0 aliphatic carbocycles. The summed E-state index contributed by atoms with van der Waals surface area (Å²) in [6, 6.07) is 0. The Bertz CT molecular complexity index is 373. The fraction of sp³-hybridized carbons (Fsp3) is 0.556. The minimum absolute atomic E-state index is 0.0360. The Morgan fingerprint density at radius 1 is 1.56 bits per heavy atom. The maximum absolute atomic E-state index is 10.9. The van der Waals surface area contributed by atoms with Crippen LogP contribution in [0, 0.1) is 10.1 Å². The average Bonchev–Trinajstić information content (AvgIpc) is 2.28. The molecule has 0 aromatic carbocycles. The Kier molecular flexibility index (Phi) is 4.97. The Morgan fingerprint density at radius 2 is 2.31 bits per heavy atom. The topological polar surface area (TPSA) is 81.0 Å². The highest BCUT2D eigenvalue weighted by Gasteiger charge is 2.21. The van der Waals surface area contributed by atoms with Crippen LogP contribution in [0.5, 0.6) is 0 Å². The van der Waals surface area contributed by atoms with Crippen molar-refractivity contribution in [2.24, 2.45) is 0 Å². The molecule has 0 aliphatic rings. The number of anilines is 1. The molecule has 0 atom stereocenters. The van der Waals surface area contributed by atoms with Crippen LogP contribution in [0.25, 0.3) is 0 Å². The number of hydrogen-bond acceptors (Lipinski definition) is 6. The number of nitrogens with zero attached hydrogens (tertiary/aromatic N) is 3. The normalized spacial score (nSPS) is 10.1. The van der Waals surface area contributed by atoms with Crippen molar-refractivity contribution < 1.29 is 4.92 Å². The van der Waals surface area contributed by atoms with E-state index in [4.69, 9.17) is 0 Å². The fourth-order valence-corrected chi connectivity index (χ4v) is 2.18. The fourth-order valence-electron chi connectivity index (χ4n) is 1.13. The first-order valence-corrected chi connectivity index (χ1v) is 5.99. The molecule has 1 heterocycles. The van der Waals surface area contributed by atoms with E-state index in [0.717, 1.165) is 18.6 Å². The van der Waals surface area contributed by atoms with Crippen LogP contribution >= 0.6 is 11.8 Å². The molecule has 0 aliphatic heterocycles. The van der Waals surface area contributed by atoms with Gasteiger partial charge in [0.25, 0.3) is 0 Å². The van der Waals surface area contributed by atoms with E-state index >= 15 is 0 Å². The van der Waals surface area contributed by atoms with Crippen LogP contribution in [-0.2, 0) is 0 Å². The van der Waals surface area contributed by atoms with E-state index in [1.54, 1.807) is 7.05 Å². The Morgan fingerprint density at radius 3 is 2.88 bits per heavy atom. The molecule has 7 heteroatoms. The Balaban J connectivity index is 2.93. The number of nitro groups is 1. The van der Waals surface area contributed by atoms with Gasteiger partial charge in [0.05, 0.1) is 4.92 Å². The molecule has 0 saturated carbocycles. The second kappa shape index (κ2) is 6.26. The molecule has 0 saturated heterocycles. The maximum atomic E-state index is 10.9. The summed E-state index contributed by atoms with van der Waals surface area (Å²) in [5.41, 5.74) is -0.0360. The first-order valence-electron chi connectivity index (χ1n) is 5.00. The molecule has 0 spiro atoms. The molecular formula is C9H14N4O2S. The molecule has 0 unspecified atom stereocenters. The van der Waals surface area contributed by atoms with Crippen LogP contribution in [0.4, 0.5) is 11.5 Å².